The number of aldehydes is 1. The summed E-state index contributed by atoms with van der Waals surface area (Å²) in [6, 6.07) is 3.27. The van der Waals surface area contributed by atoms with Crippen molar-refractivity contribution in [3.05, 3.63) is 22.7 Å². The molecule has 2 rings (SSSR count). The van der Waals surface area contributed by atoms with Gasteiger partial charge in [-0.2, -0.15) is 0 Å². The van der Waals surface area contributed by atoms with E-state index in [0.717, 1.165) is 25.9 Å². The summed E-state index contributed by atoms with van der Waals surface area (Å²) >= 11 is 6.19. The van der Waals surface area contributed by atoms with E-state index in [1.54, 1.807) is 12.1 Å². The van der Waals surface area contributed by atoms with Gasteiger partial charge in [-0.1, -0.05) is 18.0 Å². The van der Waals surface area contributed by atoms with Gasteiger partial charge in [-0.3, -0.25) is 9.69 Å². The maximum atomic E-state index is 10.9. The Labute approximate surface area is 131 Å². The summed E-state index contributed by atoms with van der Waals surface area (Å²) in [6.07, 6.45) is 4.61. The van der Waals surface area contributed by atoms with E-state index in [2.05, 4.69) is 4.90 Å². The molecule has 1 heterocycles. The predicted octanol–water partition coefficient (Wildman–Crippen LogP) is 3.42. The predicted molar refractivity (Wildman–Crippen MR) is 83.8 cm³/mol. The molecule has 5 heteroatoms. The molecule has 1 fully saturated rings. The van der Waals surface area contributed by atoms with Crippen LogP contribution in [0.15, 0.2) is 12.1 Å². The molecule has 0 bridgehead atoms. The number of nitrogens with zero attached hydrogens (tertiary/aromatic N) is 1. The van der Waals surface area contributed by atoms with Crippen LogP contribution in [-0.4, -0.2) is 44.0 Å². The number of hydrogen-bond acceptors (Lipinski definition) is 4. The highest BCUT2D eigenvalue weighted by Crippen LogP contribution is 2.36. The molecule has 0 radical (unpaired) electrons. The molecule has 0 unspecified atom stereocenters. The molecule has 1 saturated heterocycles. The van der Waals surface area contributed by atoms with Gasteiger partial charge in [0.05, 0.1) is 11.6 Å². The van der Waals surface area contributed by atoms with Gasteiger partial charge in [0.2, 0.25) is 0 Å². The number of carbonyl (C=O) groups excluding carboxylic acids is 1. The third-order valence-electron chi connectivity index (χ3n) is 3.57. The first kappa shape index (κ1) is 16.1. The highest BCUT2D eigenvalue weighted by molar-refractivity contribution is 6.32. The number of hydrogen-bond donors (Lipinski definition) is 0. The minimum absolute atomic E-state index is 0.418. The molecule has 0 N–H and O–H groups in total. The van der Waals surface area contributed by atoms with Crippen LogP contribution in [0.2, 0.25) is 5.02 Å². The Hall–Kier alpha value is -1.26. The molecule has 1 aromatic rings. The molecule has 0 amide bonds. The van der Waals surface area contributed by atoms with E-state index in [1.807, 2.05) is 6.92 Å². The van der Waals surface area contributed by atoms with Crippen LogP contribution in [0.4, 0.5) is 0 Å². The second kappa shape index (κ2) is 8.25. The Morgan fingerprint density at radius 1 is 1.24 bits per heavy atom. The fraction of sp³-hybridized carbons (Fsp3) is 0.562. The number of carbonyl (C=O) groups is 1. The molecule has 1 aliphatic heterocycles. The van der Waals surface area contributed by atoms with E-state index in [9.17, 15) is 4.79 Å². The molecule has 1 aromatic carbocycles. The first-order valence-electron chi connectivity index (χ1n) is 7.51. The lowest BCUT2D eigenvalue weighted by Gasteiger charge is -2.26. The SMILES string of the molecule is CCOc1cc(C=O)cc(Cl)c1OCCN1CCCCC1. The molecule has 0 spiro atoms. The second-order valence-corrected chi connectivity index (χ2v) is 5.54. The van der Waals surface area contributed by atoms with Crippen molar-refractivity contribution >= 4 is 17.9 Å². The fourth-order valence-corrected chi connectivity index (χ4v) is 2.79. The van der Waals surface area contributed by atoms with Gasteiger partial charge in [0.1, 0.15) is 12.9 Å². The Kier molecular flexibility index (Phi) is 6.33. The number of ether oxygens (including phenoxy) is 2. The first-order valence-corrected chi connectivity index (χ1v) is 7.89. The number of piperidine rings is 1. The van der Waals surface area contributed by atoms with E-state index < -0.39 is 0 Å². The van der Waals surface area contributed by atoms with Crippen molar-refractivity contribution in [1.82, 2.24) is 4.90 Å². The van der Waals surface area contributed by atoms with Gasteiger partial charge in [-0.05, 0) is 45.0 Å². The van der Waals surface area contributed by atoms with E-state index in [-0.39, 0.29) is 0 Å². The number of likely N-dealkylation sites (tertiary alicyclic amines) is 1. The summed E-state index contributed by atoms with van der Waals surface area (Å²) in [4.78, 5) is 13.3. The molecular weight excluding hydrogens is 290 g/mol. The van der Waals surface area contributed by atoms with Crippen LogP contribution in [-0.2, 0) is 0 Å². The van der Waals surface area contributed by atoms with Gasteiger partial charge in [-0.15, -0.1) is 0 Å². The zero-order chi connectivity index (χ0) is 15.1. The van der Waals surface area contributed by atoms with Crippen molar-refractivity contribution in [3.63, 3.8) is 0 Å². The normalized spacial score (nSPS) is 15.7. The molecular formula is C16H22ClNO3. The van der Waals surface area contributed by atoms with Crippen molar-refractivity contribution < 1.29 is 14.3 Å². The molecule has 116 valence electrons. The lowest BCUT2D eigenvalue weighted by Crippen LogP contribution is -2.33. The van der Waals surface area contributed by atoms with Gasteiger partial charge in [0.25, 0.3) is 0 Å². The minimum Gasteiger partial charge on any atom is -0.490 e. The van der Waals surface area contributed by atoms with Crippen molar-refractivity contribution in [2.45, 2.75) is 26.2 Å². The van der Waals surface area contributed by atoms with Crippen molar-refractivity contribution in [1.29, 1.82) is 0 Å². The van der Waals surface area contributed by atoms with Crippen LogP contribution in [0.3, 0.4) is 0 Å². The monoisotopic (exact) mass is 311 g/mol. The maximum absolute atomic E-state index is 10.9. The second-order valence-electron chi connectivity index (χ2n) is 5.13. The summed E-state index contributed by atoms with van der Waals surface area (Å²) in [6.45, 7) is 6.12. The number of halogens is 1. The average molecular weight is 312 g/mol. The summed E-state index contributed by atoms with van der Waals surface area (Å²) in [7, 11) is 0. The van der Waals surface area contributed by atoms with E-state index >= 15 is 0 Å². The largest absolute Gasteiger partial charge is 0.490 e. The van der Waals surface area contributed by atoms with Gasteiger partial charge >= 0.3 is 0 Å². The molecule has 0 aliphatic carbocycles. The lowest BCUT2D eigenvalue weighted by atomic mass is 10.1. The molecule has 1 aliphatic rings. The Bertz CT molecular complexity index is 473. The van der Waals surface area contributed by atoms with E-state index in [1.165, 1.54) is 19.3 Å². The Balaban J connectivity index is 1.98. The van der Waals surface area contributed by atoms with E-state index in [4.69, 9.17) is 21.1 Å². The van der Waals surface area contributed by atoms with E-state index in [0.29, 0.717) is 35.3 Å². The van der Waals surface area contributed by atoms with Crippen LogP contribution in [0, 0.1) is 0 Å². The summed E-state index contributed by atoms with van der Waals surface area (Å²) < 4.78 is 11.3. The van der Waals surface area contributed by atoms with Gasteiger partial charge in [-0.25, -0.2) is 0 Å². The Morgan fingerprint density at radius 2 is 2.00 bits per heavy atom. The highest BCUT2D eigenvalue weighted by Gasteiger charge is 2.14. The smallest absolute Gasteiger partial charge is 0.179 e. The summed E-state index contributed by atoms with van der Waals surface area (Å²) in [5, 5.41) is 0.418. The quantitative estimate of drug-likeness (QED) is 0.723. The fourth-order valence-electron chi connectivity index (χ4n) is 2.52. The van der Waals surface area contributed by atoms with Gasteiger partial charge in [0.15, 0.2) is 11.5 Å². The zero-order valence-electron chi connectivity index (χ0n) is 12.4. The van der Waals surface area contributed by atoms with Crippen molar-refractivity contribution in [2.75, 3.05) is 32.8 Å². The topological polar surface area (TPSA) is 38.8 Å². The average Bonchev–Trinajstić information content (AvgIpc) is 2.51. The third kappa shape index (κ3) is 4.61. The zero-order valence-corrected chi connectivity index (χ0v) is 13.2. The molecule has 0 aromatic heterocycles. The van der Waals surface area contributed by atoms with Crippen LogP contribution in [0.5, 0.6) is 11.5 Å². The number of rotatable bonds is 7. The molecule has 0 atom stereocenters. The van der Waals surface area contributed by atoms with Crippen LogP contribution >= 0.6 is 11.6 Å². The van der Waals surface area contributed by atoms with Crippen molar-refractivity contribution in [3.8, 4) is 11.5 Å². The van der Waals surface area contributed by atoms with Gasteiger partial charge < -0.3 is 9.47 Å². The molecule has 4 nitrogen and oxygen atoms in total. The van der Waals surface area contributed by atoms with Gasteiger partial charge in [0, 0.05) is 12.1 Å². The van der Waals surface area contributed by atoms with Crippen LogP contribution < -0.4 is 9.47 Å². The lowest BCUT2D eigenvalue weighted by molar-refractivity contribution is 0.112. The third-order valence-corrected chi connectivity index (χ3v) is 3.85. The summed E-state index contributed by atoms with van der Waals surface area (Å²) in [5.41, 5.74) is 0.492. The number of benzene rings is 1. The highest BCUT2D eigenvalue weighted by atomic mass is 35.5. The molecule has 0 saturated carbocycles. The molecule has 21 heavy (non-hydrogen) atoms. The minimum atomic E-state index is 0.418. The van der Waals surface area contributed by atoms with Crippen molar-refractivity contribution in [2.24, 2.45) is 0 Å². The maximum Gasteiger partial charge on any atom is 0.179 e. The standard InChI is InChI=1S/C16H22ClNO3/c1-2-20-15-11-13(12-19)10-14(17)16(15)21-9-8-18-6-4-3-5-7-18/h10-12H,2-9H2,1H3. The summed E-state index contributed by atoms with van der Waals surface area (Å²) in [5.74, 6) is 1.06. The van der Waals surface area contributed by atoms with Crippen LogP contribution in [0.25, 0.3) is 0 Å². The first-order chi connectivity index (χ1) is 10.2. The van der Waals surface area contributed by atoms with Crippen LogP contribution in [0.1, 0.15) is 36.5 Å². The Morgan fingerprint density at radius 3 is 2.67 bits per heavy atom.